The molecule has 0 fully saturated rings. The predicted molar refractivity (Wildman–Crippen MR) is 74.6 cm³/mol. The molecule has 110 valence electrons. The fraction of sp³-hybridized carbons (Fsp3) is 0.538. The van der Waals surface area contributed by atoms with E-state index in [0.29, 0.717) is 5.82 Å². The molecule has 7 nitrogen and oxygen atoms in total. The summed E-state index contributed by atoms with van der Waals surface area (Å²) < 4.78 is 0. The lowest BCUT2D eigenvalue weighted by Crippen LogP contribution is -2.36. The number of aromatic carboxylic acids is 1. The fourth-order valence-corrected chi connectivity index (χ4v) is 1.77. The van der Waals surface area contributed by atoms with Crippen LogP contribution in [0, 0.1) is 0 Å². The van der Waals surface area contributed by atoms with Crippen LogP contribution in [-0.4, -0.2) is 32.5 Å². The van der Waals surface area contributed by atoms with Gasteiger partial charge in [-0.3, -0.25) is 4.79 Å². The molecule has 0 saturated carbocycles. The second-order valence-corrected chi connectivity index (χ2v) is 5.60. The average Bonchev–Trinajstić information content (AvgIpc) is 2.26. The number of aromatic nitrogens is 2. The number of rotatable bonds is 6. The standard InChI is InChI=1S/C13H20N4O3/c1-7(2)11-15-6-8(10(16-11)12(19)20)17-13(3,4)5-9(14)18/h6-7,17H,5H2,1-4H3,(H2,14,18)(H,19,20). The van der Waals surface area contributed by atoms with Crippen LogP contribution in [0.4, 0.5) is 5.69 Å². The normalized spacial score (nSPS) is 11.4. The fourth-order valence-electron chi connectivity index (χ4n) is 1.77. The molecule has 0 aliphatic carbocycles. The molecule has 0 aliphatic rings. The number of amides is 1. The maximum atomic E-state index is 11.3. The van der Waals surface area contributed by atoms with Crippen molar-refractivity contribution >= 4 is 17.6 Å². The minimum absolute atomic E-state index is 0.0285. The van der Waals surface area contributed by atoms with E-state index < -0.39 is 17.4 Å². The Balaban J connectivity index is 3.12. The predicted octanol–water partition coefficient (Wildman–Crippen LogP) is 1.36. The van der Waals surface area contributed by atoms with Crippen LogP contribution < -0.4 is 11.1 Å². The molecular formula is C13H20N4O3. The van der Waals surface area contributed by atoms with Crippen LogP contribution in [0.25, 0.3) is 0 Å². The van der Waals surface area contributed by atoms with Crippen molar-refractivity contribution in [3.8, 4) is 0 Å². The highest BCUT2D eigenvalue weighted by Crippen LogP contribution is 2.22. The number of hydrogen-bond donors (Lipinski definition) is 3. The topological polar surface area (TPSA) is 118 Å². The molecule has 1 aromatic heterocycles. The monoisotopic (exact) mass is 280 g/mol. The van der Waals surface area contributed by atoms with Crippen molar-refractivity contribution < 1.29 is 14.7 Å². The van der Waals surface area contributed by atoms with Gasteiger partial charge in [0, 0.05) is 17.9 Å². The Morgan fingerprint density at radius 1 is 1.45 bits per heavy atom. The molecule has 1 rings (SSSR count). The van der Waals surface area contributed by atoms with E-state index in [1.54, 1.807) is 13.8 Å². The summed E-state index contributed by atoms with van der Waals surface area (Å²) in [4.78, 5) is 30.5. The van der Waals surface area contributed by atoms with Crippen molar-refractivity contribution in [2.45, 2.75) is 45.6 Å². The molecule has 0 unspecified atom stereocenters. The van der Waals surface area contributed by atoms with Crippen molar-refractivity contribution in [1.82, 2.24) is 9.97 Å². The molecule has 1 heterocycles. The third kappa shape index (κ3) is 4.18. The van der Waals surface area contributed by atoms with Gasteiger partial charge in [0.05, 0.1) is 11.9 Å². The second-order valence-electron chi connectivity index (χ2n) is 5.60. The molecule has 0 aliphatic heterocycles. The van der Waals surface area contributed by atoms with Crippen LogP contribution in [-0.2, 0) is 4.79 Å². The number of carboxylic acids is 1. The van der Waals surface area contributed by atoms with E-state index in [-0.39, 0.29) is 23.7 Å². The summed E-state index contributed by atoms with van der Waals surface area (Å²) in [5.74, 6) is -1.13. The molecule has 0 aromatic carbocycles. The molecule has 7 heteroatoms. The number of nitrogens with zero attached hydrogens (tertiary/aromatic N) is 2. The lowest BCUT2D eigenvalue weighted by molar-refractivity contribution is -0.118. The van der Waals surface area contributed by atoms with E-state index in [1.807, 2.05) is 13.8 Å². The average molecular weight is 280 g/mol. The third-order valence-corrected chi connectivity index (χ3v) is 2.62. The quantitative estimate of drug-likeness (QED) is 0.724. The van der Waals surface area contributed by atoms with Crippen LogP contribution >= 0.6 is 0 Å². The van der Waals surface area contributed by atoms with Gasteiger partial charge in [0.25, 0.3) is 0 Å². The van der Waals surface area contributed by atoms with Crippen molar-refractivity contribution in [3.05, 3.63) is 17.7 Å². The second kappa shape index (κ2) is 5.85. The van der Waals surface area contributed by atoms with Crippen molar-refractivity contribution in [1.29, 1.82) is 0 Å². The van der Waals surface area contributed by atoms with Crippen LogP contribution in [0.2, 0.25) is 0 Å². The Morgan fingerprint density at radius 2 is 2.05 bits per heavy atom. The van der Waals surface area contributed by atoms with Gasteiger partial charge in [0.2, 0.25) is 5.91 Å². The van der Waals surface area contributed by atoms with Gasteiger partial charge in [-0.25, -0.2) is 14.8 Å². The minimum Gasteiger partial charge on any atom is -0.476 e. The van der Waals surface area contributed by atoms with Crippen LogP contribution in [0.15, 0.2) is 6.20 Å². The first-order chi connectivity index (χ1) is 9.12. The van der Waals surface area contributed by atoms with Crippen LogP contribution in [0.3, 0.4) is 0 Å². The molecule has 0 radical (unpaired) electrons. The van der Waals surface area contributed by atoms with Crippen molar-refractivity contribution in [2.75, 3.05) is 5.32 Å². The van der Waals surface area contributed by atoms with Gasteiger partial charge in [-0.05, 0) is 13.8 Å². The Labute approximate surface area is 117 Å². The first-order valence-electron chi connectivity index (χ1n) is 6.29. The Bertz CT molecular complexity index is 526. The van der Waals surface area contributed by atoms with Crippen LogP contribution in [0.1, 0.15) is 56.3 Å². The number of carbonyl (C=O) groups excluding carboxylic acids is 1. The summed E-state index contributed by atoms with van der Waals surface area (Å²) in [7, 11) is 0. The van der Waals surface area contributed by atoms with E-state index in [1.165, 1.54) is 6.20 Å². The molecule has 20 heavy (non-hydrogen) atoms. The van der Waals surface area contributed by atoms with E-state index in [0.717, 1.165) is 0 Å². The molecular weight excluding hydrogens is 260 g/mol. The zero-order valence-electron chi connectivity index (χ0n) is 12.1. The summed E-state index contributed by atoms with van der Waals surface area (Å²) in [5, 5.41) is 12.2. The van der Waals surface area contributed by atoms with E-state index in [4.69, 9.17) is 5.73 Å². The van der Waals surface area contributed by atoms with Crippen molar-refractivity contribution in [3.63, 3.8) is 0 Å². The number of primary amides is 1. The van der Waals surface area contributed by atoms with Gasteiger partial charge in [-0.15, -0.1) is 0 Å². The van der Waals surface area contributed by atoms with Crippen molar-refractivity contribution in [2.24, 2.45) is 5.73 Å². The maximum absolute atomic E-state index is 11.3. The third-order valence-electron chi connectivity index (χ3n) is 2.62. The van der Waals surface area contributed by atoms with E-state index in [9.17, 15) is 14.7 Å². The zero-order chi connectivity index (χ0) is 15.5. The van der Waals surface area contributed by atoms with Gasteiger partial charge in [-0.2, -0.15) is 0 Å². The summed E-state index contributed by atoms with van der Waals surface area (Å²) in [6.07, 6.45) is 1.49. The first kappa shape index (κ1) is 15.9. The van der Waals surface area contributed by atoms with E-state index in [2.05, 4.69) is 15.3 Å². The summed E-state index contributed by atoms with van der Waals surface area (Å²) >= 11 is 0. The summed E-state index contributed by atoms with van der Waals surface area (Å²) in [6.45, 7) is 7.26. The number of carboxylic acid groups (broad SMARTS) is 1. The van der Waals surface area contributed by atoms with Gasteiger partial charge in [0.1, 0.15) is 5.82 Å². The lowest BCUT2D eigenvalue weighted by Gasteiger charge is -2.26. The zero-order valence-corrected chi connectivity index (χ0v) is 12.1. The Morgan fingerprint density at radius 3 is 2.50 bits per heavy atom. The number of nitrogens with two attached hydrogens (primary N) is 1. The smallest absolute Gasteiger partial charge is 0.356 e. The molecule has 1 amide bonds. The number of anilines is 1. The Hall–Kier alpha value is -2.18. The molecule has 0 atom stereocenters. The highest BCUT2D eigenvalue weighted by Gasteiger charge is 2.24. The number of hydrogen-bond acceptors (Lipinski definition) is 5. The highest BCUT2D eigenvalue weighted by atomic mass is 16.4. The van der Waals surface area contributed by atoms with Gasteiger partial charge in [0.15, 0.2) is 5.69 Å². The van der Waals surface area contributed by atoms with Gasteiger partial charge < -0.3 is 16.2 Å². The molecule has 0 bridgehead atoms. The molecule has 0 saturated heterocycles. The maximum Gasteiger partial charge on any atom is 0.356 e. The van der Waals surface area contributed by atoms with Crippen LogP contribution in [0.5, 0.6) is 0 Å². The number of carbonyl (C=O) groups is 2. The highest BCUT2D eigenvalue weighted by molar-refractivity contribution is 5.92. The Kier molecular flexibility index (Phi) is 4.65. The molecule has 4 N–H and O–H groups in total. The summed E-state index contributed by atoms with van der Waals surface area (Å²) in [6, 6.07) is 0. The lowest BCUT2D eigenvalue weighted by atomic mass is 10.00. The van der Waals surface area contributed by atoms with Gasteiger partial charge in [-0.1, -0.05) is 13.8 Å². The SMILES string of the molecule is CC(C)c1ncc(NC(C)(C)CC(N)=O)c(C(=O)O)n1. The molecule has 1 aromatic rings. The first-order valence-corrected chi connectivity index (χ1v) is 6.29. The van der Waals surface area contributed by atoms with E-state index >= 15 is 0 Å². The van der Waals surface area contributed by atoms with Gasteiger partial charge >= 0.3 is 5.97 Å². The largest absolute Gasteiger partial charge is 0.476 e. The minimum atomic E-state index is -1.15. The number of nitrogens with one attached hydrogen (secondary N) is 1. The molecule has 0 spiro atoms. The summed E-state index contributed by atoms with van der Waals surface area (Å²) in [5.41, 5.74) is 4.65.